The van der Waals surface area contributed by atoms with Crippen LogP contribution in [0.3, 0.4) is 0 Å². The second-order valence-electron chi connectivity index (χ2n) is 5.49. The van der Waals surface area contributed by atoms with Gasteiger partial charge in [0.25, 0.3) is 0 Å². The lowest BCUT2D eigenvalue weighted by atomic mass is 10.1. The Labute approximate surface area is 118 Å². The number of aliphatic hydroxyl groups excluding tert-OH is 1. The van der Waals surface area contributed by atoms with E-state index in [0.717, 1.165) is 18.4 Å². The van der Waals surface area contributed by atoms with E-state index in [-0.39, 0.29) is 30.9 Å². The van der Waals surface area contributed by atoms with E-state index in [9.17, 15) is 9.90 Å². The molecule has 1 aliphatic heterocycles. The normalized spacial score (nSPS) is 23.6. The van der Waals surface area contributed by atoms with E-state index in [1.165, 1.54) is 0 Å². The van der Waals surface area contributed by atoms with Gasteiger partial charge in [0.2, 0.25) is 0 Å². The Bertz CT molecular complexity index is 472. The van der Waals surface area contributed by atoms with Gasteiger partial charge < -0.3 is 14.6 Å². The number of aliphatic hydroxyl groups is 1. The molecule has 1 aliphatic carbocycles. The molecule has 0 radical (unpaired) electrons. The van der Waals surface area contributed by atoms with Crippen LogP contribution in [0.2, 0.25) is 0 Å². The van der Waals surface area contributed by atoms with Gasteiger partial charge >= 0.3 is 6.09 Å². The number of morpholine rings is 1. The molecule has 2 aliphatic rings. The average molecular weight is 277 g/mol. The maximum absolute atomic E-state index is 12.3. The monoisotopic (exact) mass is 277 g/mol. The highest BCUT2D eigenvalue weighted by Crippen LogP contribution is 2.44. The molecular weight excluding hydrogens is 258 g/mol. The SMILES string of the molecule is O=C(OCc1ccccc1)N1CC(CO)OCC12CC2. The van der Waals surface area contributed by atoms with Crippen molar-refractivity contribution < 1.29 is 19.4 Å². The van der Waals surface area contributed by atoms with Crippen LogP contribution < -0.4 is 0 Å². The van der Waals surface area contributed by atoms with Crippen molar-refractivity contribution in [1.82, 2.24) is 4.90 Å². The van der Waals surface area contributed by atoms with Gasteiger partial charge in [0, 0.05) is 0 Å². The summed E-state index contributed by atoms with van der Waals surface area (Å²) in [5.41, 5.74) is 0.789. The molecule has 1 atom stereocenters. The fourth-order valence-corrected chi connectivity index (χ4v) is 2.54. The second-order valence-corrected chi connectivity index (χ2v) is 5.49. The molecule has 1 aromatic rings. The minimum Gasteiger partial charge on any atom is -0.445 e. The summed E-state index contributed by atoms with van der Waals surface area (Å²) >= 11 is 0. The fourth-order valence-electron chi connectivity index (χ4n) is 2.54. The van der Waals surface area contributed by atoms with Crippen LogP contribution in [0.1, 0.15) is 18.4 Å². The predicted molar refractivity (Wildman–Crippen MR) is 72.1 cm³/mol. The van der Waals surface area contributed by atoms with Crippen molar-refractivity contribution in [3.63, 3.8) is 0 Å². The maximum Gasteiger partial charge on any atom is 0.410 e. The first-order valence-electron chi connectivity index (χ1n) is 6.94. The summed E-state index contributed by atoms with van der Waals surface area (Å²) in [5.74, 6) is 0. The van der Waals surface area contributed by atoms with E-state index in [0.29, 0.717) is 13.2 Å². The van der Waals surface area contributed by atoms with Crippen molar-refractivity contribution in [3.05, 3.63) is 35.9 Å². The number of rotatable bonds is 3. The highest BCUT2D eigenvalue weighted by Gasteiger charge is 2.54. The molecule has 1 heterocycles. The molecule has 1 saturated heterocycles. The third-order valence-electron chi connectivity index (χ3n) is 4.00. The Morgan fingerprint density at radius 2 is 2.15 bits per heavy atom. The smallest absolute Gasteiger partial charge is 0.410 e. The van der Waals surface area contributed by atoms with Gasteiger partial charge in [-0.15, -0.1) is 0 Å². The number of amides is 1. The summed E-state index contributed by atoms with van der Waals surface area (Å²) in [6, 6.07) is 9.62. The predicted octanol–water partition coefficient (Wildman–Crippen LogP) is 1.55. The van der Waals surface area contributed by atoms with Crippen LogP contribution in [0, 0.1) is 0 Å². The summed E-state index contributed by atoms with van der Waals surface area (Å²) in [4.78, 5) is 14.0. The van der Waals surface area contributed by atoms with E-state index in [4.69, 9.17) is 9.47 Å². The Kier molecular flexibility index (Phi) is 3.63. The molecule has 3 rings (SSSR count). The van der Waals surface area contributed by atoms with Crippen molar-refractivity contribution in [2.75, 3.05) is 19.8 Å². The Morgan fingerprint density at radius 3 is 2.80 bits per heavy atom. The molecule has 1 saturated carbocycles. The van der Waals surface area contributed by atoms with Crippen molar-refractivity contribution in [1.29, 1.82) is 0 Å². The molecule has 5 nitrogen and oxygen atoms in total. The number of ether oxygens (including phenoxy) is 2. The van der Waals surface area contributed by atoms with Crippen LogP contribution in [-0.4, -0.2) is 47.5 Å². The van der Waals surface area contributed by atoms with Gasteiger partial charge in [-0.05, 0) is 18.4 Å². The zero-order valence-electron chi connectivity index (χ0n) is 11.3. The fraction of sp³-hybridized carbons (Fsp3) is 0.533. The standard InChI is InChI=1S/C15H19NO4/c17-9-13-8-16(15(6-7-15)11-20-13)14(18)19-10-12-4-2-1-3-5-12/h1-5,13,17H,6-11H2. The Balaban J connectivity index is 1.60. The second kappa shape index (κ2) is 5.42. The van der Waals surface area contributed by atoms with Crippen molar-refractivity contribution in [2.45, 2.75) is 31.1 Å². The summed E-state index contributed by atoms with van der Waals surface area (Å²) in [5, 5.41) is 9.19. The largest absolute Gasteiger partial charge is 0.445 e. The van der Waals surface area contributed by atoms with E-state index < -0.39 is 0 Å². The van der Waals surface area contributed by atoms with E-state index >= 15 is 0 Å². The zero-order valence-corrected chi connectivity index (χ0v) is 11.3. The molecule has 20 heavy (non-hydrogen) atoms. The molecule has 1 unspecified atom stereocenters. The summed E-state index contributed by atoms with van der Waals surface area (Å²) < 4.78 is 10.9. The summed E-state index contributed by atoms with van der Waals surface area (Å²) in [6.45, 7) is 1.11. The molecular formula is C15H19NO4. The van der Waals surface area contributed by atoms with E-state index in [1.807, 2.05) is 30.3 Å². The third-order valence-corrected chi connectivity index (χ3v) is 4.00. The lowest BCUT2D eigenvalue weighted by Gasteiger charge is -2.38. The number of carbonyl (C=O) groups is 1. The lowest BCUT2D eigenvalue weighted by Crippen LogP contribution is -2.55. The minimum absolute atomic E-state index is 0.0709. The van der Waals surface area contributed by atoms with Gasteiger partial charge in [0.1, 0.15) is 6.61 Å². The first-order valence-corrected chi connectivity index (χ1v) is 6.94. The van der Waals surface area contributed by atoms with Crippen LogP contribution in [0.4, 0.5) is 4.79 Å². The molecule has 5 heteroatoms. The Hall–Kier alpha value is -1.59. The van der Waals surface area contributed by atoms with E-state index in [2.05, 4.69) is 0 Å². The molecule has 1 N–H and O–H groups in total. The highest BCUT2D eigenvalue weighted by molar-refractivity contribution is 5.69. The molecule has 1 amide bonds. The van der Waals surface area contributed by atoms with Crippen LogP contribution in [-0.2, 0) is 16.1 Å². The van der Waals surface area contributed by atoms with Crippen molar-refractivity contribution >= 4 is 6.09 Å². The molecule has 108 valence electrons. The first kappa shape index (κ1) is 13.4. The lowest BCUT2D eigenvalue weighted by molar-refractivity contribution is -0.0855. The third kappa shape index (κ3) is 2.64. The van der Waals surface area contributed by atoms with Crippen molar-refractivity contribution in [3.8, 4) is 0 Å². The molecule has 0 bridgehead atoms. The molecule has 1 aromatic carbocycles. The highest BCUT2D eigenvalue weighted by atomic mass is 16.6. The number of nitrogens with zero attached hydrogens (tertiary/aromatic N) is 1. The summed E-state index contributed by atoms with van der Waals surface area (Å²) in [6.07, 6.45) is 1.29. The zero-order chi connectivity index (χ0) is 14.0. The number of hydrogen-bond acceptors (Lipinski definition) is 4. The molecule has 2 fully saturated rings. The topological polar surface area (TPSA) is 59.0 Å². The molecule has 1 spiro atoms. The molecule has 0 aromatic heterocycles. The van der Waals surface area contributed by atoms with Crippen LogP contribution in [0.15, 0.2) is 30.3 Å². The number of hydrogen-bond donors (Lipinski definition) is 1. The van der Waals surface area contributed by atoms with Gasteiger partial charge in [-0.3, -0.25) is 4.90 Å². The minimum atomic E-state index is -0.312. The van der Waals surface area contributed by atoms with Crippen LogP contribution in [0.5, 0.6) is 0 Å². The van der Waals surface area contributed by atoms with Gasteiger partial charge in [-0.25, -0.2) is 4.79 Å². The maximum atomic E-state index is 12.3. The number of benzene rings is 1. The quantitative estimate of drug-likeness (QED) is 0.910. The number of carbonyl (C=O) groups excluding carboxylic acids is 1. The summed E-state index contributed by atoms with van der Waals surface area (Å²) in [7, 11) is 0. The first-order chi connectivity index (χ1) is 9.73. The van der Waals surface area contributed by atoms with Gasteiger partial charge in [-0.2, -0.15) is 0 Å². The van der Waals surface area contributed by atoms with Gasteiger partial charge in [-0.1, -0.05) is 30.3 Å². The van der Waals surface area contributed by atoms with Gasteiger partial charge in [0.15, 0.2) is 0 Å². The van der Waals surface area contributed by atoms with E-state index in [1.54, 1.807) is 4.90 Å². The van der Waals surface area contributed by atoms with Crippen LogP contribution >= 0.6 is 0 Å². The van der Waals surface area contributed by atoms with Crippen molar-refractivity contribution in [2.24, 2.45) is 0 Å². The Morgan fingerprint density at radius 1 is 1.40 bits per heavy atom. The van der Waals surface area contributed by atoms with Gasteiger partial charge in [0.05, 0.1) is 31.4 Å². The average Bonchev–Trinajstić information content (AvgIpc) is 3.26. The van der Waals surface area contributed by atoms with Crippen LogP contribution in [0.25, 0.3) is 0 Å².